The van der Waals surface area contributed by atoms with Gasteiger partial charge in [0.2, 0.25) is 0 Å². The molecule has 0 aliphatic heterocycles. The van der Waals surface area contributed by atoms with E-state index in [0.29, 0.717) is 38.5 Å². The second-order valence-electron chi connectivity index (χ2n) is 15.5. The number of quaternary nitrogens is 2. The van der Waals surface area contributed by atoms with Crippen molar-refractivity contribution in [1.82, 2.24) is 10.6 Å². The molecule has 356 valence electrons. The standard InChI is InChI=1S/2C14H17F2NO3.2C6H11F2NO.2ClH/c2*15-14(16)8-4-7-11(12(14)18)17-13(19)20-9-10-5-2-1-3-6-10;2*7-6(8)3-1-2-4(9)5(6)10;;/h2*1-3,5-6,11-12,18H,4,7-9H2,(H,17,19);2*4-5,10H,1-3,9H2;2*1H/t2*11-,12+;2*4-,5+;;/m1010../s1. The summed E-state index contributed by atoms with van der Waals surface area (Å²) in [7, 11) is 0. The number of hydrogen-bond acceptors (Lipinski definition) is 8. The largest absolute Gasteiger partial charge is 1.00 e. The molecule has 12 N–H and O–H groups in total. The van der Waals surface area contributed by atoms with Crippen LogP contribution in [0.25, 0.3) is 0 Å². The number of alkyl carbamates (subject to hydrolysis) is 2. The van der Waals surface area contributed by atoms with Crippen molar-refractivity contribution in [1.29, 1.82) is 0 Å². The summed E-state index contributed by atoms with van der Waals surface area (Å²) in [4.78, 5) is 23.1. The molecule has 12 nitrogen and oxygen atoms in total. The molecule has 2 aromatic rings. The molecule has 6 rings (SSSR count). The Kier molecular flexibility index (Phi) is 23.7. The number of hydrogen-bond donors (Lipinski definition) is 8. The van der Waals surface area contributed by atoms with E-state index in [-0.39, 0.29) is 76.6 Å². The molecule has 0 bridgehead atoms. The maximum Gasteiger partial charge on any atom is 0.407 e. The molecule has 0 heterocycles. The minimum absolute atomic E-state index is 0. The van der Waals surface area contributed by atoms with Gasteiger partial charge in [-0.25, -0.2) is 44.7 Å². The summed E-state index contributed by atoms with van der Waals surface area (Å²) in [6.07, 6.45) is -6.16. The maximum absolute atomic E-state index is 13.3. The number of rotatable bonds is 6. The molecule has 0 unspecified atom stereocenters. The van der Waals surface area contributed by atoms with E-state index in [1.165, 1.54) is 0 Å². The summed E-state index contributed by atoms with van der Waals surface area (Å²) in [5.41, 5.74) is 8.49. The first-order valence-electron chi connectivity index (χ1n) is 19.9. The number of carbonyl (C=O) groups excluding carboxylic acids is 2. The van der Waals surface area contributed by atoms with E-state index >= 15 is 0 Å². The van der Waals surface area contributed by atoms with Crippen molar-refractivity contribution in [2.24, 2.45) is 0 Å². The van der Waals surface area contributed by atoms with Crippen LogP contribution in [0.5, 0.6) is 0 Å². The van der Waals surface area contributed by atoms with Gasteiger partial charge in [0.1, 0.15) is 37.5 Å². The van der Waals surface area contributed by atoms with Gasteiger partial charge in [-0.1, -0.05) is 60.7 Å². The van der Waals surface area contributed by atoms with Crippen LogP contribution in [0.3, 0.4) is 0 Å². The van der Waals surface area contributed by atoms with Crippen LogP contribution in [-0.4, -0.2) is 105 Å². The van der Waals surface area contributed by atoms with Gasteiger partial charge in [0.05, 0.1) is 12.1 Å². The minimum atomic E-state index is -3.16. The Morgan fingerprint density at radius 3 is 1.06 bits per heavy atom. The summed E-state index contributed by atoms with van der Waals surface area (Å²) >= 11 is 0. The Labute approximate surface area is 367 Å². The smallest absolute Gasteiger partial charge is 0.407 e. The zero-order valence-corrected chi connectivity index (χ0v) is 35.4. The van der Waals surface area contributed by atoms with Crippen molar-refractivity contribution in [2.45, 2.75) is 163 Å². The molecule has 62 heavy (non-hydrogen) atoms. The van der Waals surface area contributed by atoms with Crippen molar-refractivity contribution in [3.05, 3.63) is 71.8 Å². The fourth-order valence-electron chi connectivity index (χ4n) is 6.95. The first-order valence-corrected chi connectivity index (χ1v) is 19.9. The molecule has 4 aliphatic rings. The van der Waals surface area contributed by atoms with E-state index in [2.05, 4.69) is 22.1 Å². The molecule has 8 atom stereocenters. The highest BCUT2D eigenvalue weighted by atomic mass is 35.5. The van der Waals surface area contributed by atoms with E-state index in [0.717, 1.165) is 11.1 Å². The number of alkyl halides is 8. The number of ether oxygens (including phenoxy) is 2. The minimum Gasteiger partial charge on any atom is -1.00 e. The van der Waals surface area contributed by atoms with Crippen LogP contribution in [0.2, 0.25) is 0 Å². The van der Waals surface area contributed by atoms with E-state index in [1.54, 1.807) is 24.3 Å². The predicted molar refractivity (Wildman–Crippen MR) is 200 cm³/mol. The second-order valence-corrected chi connectivity index (χ2v) is 15.5. The normalized spacial score (nSPS) is 28.9. The number of amides is 2. The second kappa shape index (κ2) is 25.9. The lowest BCUT2D eigenvalue weighted by atomic mass is 9.89. The highest BCUT2D eigenvalue weighted by Crippen LogP contribution is 2.35. The Morgan fingerprint density at radius 1 is 0.516 bits per heavy atom. The quantitative estimate of drug-likeness (QED) is 0.159. The average molecular weight is 946 g/mol. The number of aliphatic hydroxyl groups is 4. The third-order valence-electron chi connectivity index (χ3n) is 10.6. The van der Waals surface area contributed by atoms with Crippen LogP contribution < -0.4 is 46.9 Å². The molecule has 4 saturated carbocycles. The zero-order chi connectivity index (χ0) is 44.7. The van der Waals surface area contributed by atoms with E-state index in [4.69, 9.17) is 19.7 Å². The molecule has 0 radical (unpaired) electrons. The van der Waals surface area contributed by atoms with Crippen LogP contribution in [0.15, 0.2) is 60.7 Å². The van der Waals surface area contributed by atoms with Crippen LogP contribution in [-0.2, 0) is 22.7 Å². The number of carbonyl (C=O) groups is 2. The van der Waals surface area contributed by atoms with Gasteiger partial charge in [0.15, 0.2) is 12.2 Å². The highest BCUT2D eigenvalue weighted by Gasteiger charge is 2.49. The van der Waals surface area contributed by atoms with Crippen molar-refractivity contribution in [3.63, 3.8) is 0 Å². The summed E-state index contributed by atoms with van der Waals surface area (Å²) < 4.78 is 113. The number of aliphatic hydroxyl groups excluding tert-OH is 4. The van der Waals surface area contributed by atoms with Gasteiger partial charge < -0.3 is 76.8 Å². The molecule has 0 saturated heterocycles. The molecular weight excluding hydrogens is 887 g/mol. The van der Waals surface area contributed by atoms with Crippen LogP contribution in [0.4, 0.5) is 44.7 Å². The Bertz CT molecular complexity index is 1480. The molecular formula is C40H58Cl2F8N4O8. The number of benzene rings is 2. The molecule has 2 aromatic carbocycles. The summed E-state index contributed by atoms with van der Waals surface area (Å²) in [5, 5.41) is 41.4. The molecule has 2 amide bonds. The molecule has 0 aromatic heterocycles. The lowest BCUT2D eigenvalue weighted by molar-refractivity contribution is -0.457. The topological polar surface area (TPSA) is 213 Å². The van der Waals surface area contributed by atoms with Crippen molar-refractivity contribution < 1.29 is 111 Å². The summed E-state index contributed by atoms with van der Waals surface area (Å²) in [5.74, 6) is -12.1. The molecule has 4 aliphatic carbocycles. The van der Waals surface area contributed by atoms with Gasteiger partial charge in [-0.05, 0) is 49.7 Å². The Hall–Kier alpha value is -3.24. The van der Waals surface area contributed by atoms with E-state index in [9.17, 15) is 54.9 Å². The maximum atomic E-state index is 13.3. The summed E-state index contributed by atoms with van der Waals surface area (Å²) in [6.45, 7) is 0.123. The SMILES string of the molecule is O=C(N[C@@H]1CCCC(F)(F)[C@H]1O)OCc1ccccc1.O=C(N[C@H]1CCCC(F)(F)[C@@H]1O)OCc1ccccc1.[Cl-].[Cl-].[NH3+][C@@H]1CCCC(F)(F)[C@H]1O.[NH3+][C@H]1CCCC(F)(F)[C@@H]1O. The van der Waals surface area contributed by atoms with Gasteiger partial charge in [-0.15, -0.1) is 0 Å². The molecule has 0 spiro atoms. The van der Waals surface area contributed by atoms with Crippen molar-refractivity contribution >= 4 is 12.2 Å². The molecule has 4 fully saturated rings. The number of nitrogens with one attached hydrogen (secondary N) is 2. The van der Waals surface area contributed by atoms with Crippen LogP contribution in [0, 0.1) is 0 Å². The Morgan fingerprint density at radius 2 is 0.790 bits per heavy atom. The first kappa shape index (κ1) is 56.8. The fraction of sp³-hybridized carbons (Fsp3) is 0.650. The average Bonchev–Trinajstić information content (AvgIpc) is 3.19. The highest BCUT2D eigenvalue weighted by molar-refractivity contribution is 5.68. The van der Waals surface area contributed by atoms with Crippen molar-refractivity contribution in [3.8, 4) is 0 Å². The monoisotopic (exact) mass is 944 g/mol. The van der Waals surface area contributed by atoms with Crippen molar-refractivity contribution in [2.75, 3.05) is 0 Å². The van der Waals surface area contributed by atoms with E-state index in [1.807, 2.05) is 36.4 Å². The third kappa shape index (κ3) is 18.1. The van der Waals surface area contributed by atoms with Gasteiger partial charge in [0.25, 0.3) is 23.7 Å². The Balaban J connectivity index is 0.000000429. The van der Waals surface area contributed by atoms with Gasteiger partial charge in [-0.2, -0.15) is 0 Å². The summed E-state index contributed by atoms with van der Waals surface area (Å²) in [6, 6.07) is 15.1. The number of halogens is 10. The van der Waals surface area contributed by atoms with Crippen LogP contribution >= 0.6 is 0 Å². The fourth-order valence-corrected chi connectivity index (χ4v) is 6.95. The van der Waals surface area contributed by atoms with Crippen LogP contribution in [0.1, 0.15) is 88.2 Å². The third-order valence-corrected chi connectivity index (χ3v) is 10.6. The lowest BCUT2D eigenvalue weighted by Gasteiger charge is -2.34. The van der Waals surface area contributed by atoms with E-state index < -0.39 is 84.5 Å². The predicted octanol–water partition coefficient (Wildman–Crippen LogP) is -1.51. The molecule has 22 heteroatoms. The van der Waals surface area contributed by atoms with Gasteiger partial charge in [-0.3, -0.25) is 0 Å². The lowest BCUT2D eigenvalue weighted by Crippen LogP contribution is -3.00. The first-order chi connectivity index (χ1) is 28.1. The zero-order valence-electron chi connectivity index (χ0n) is 33.9. The van der Waals surface area contributed by atoms with Gasteiger partial charge in [0, 0.05) is 38.5 Å². The van der Waals surface area contributed by atoms with Gasteiger partial charge >= 0.3 is 12.2 Å².